The topological polar surface area (TPSA) is 199 Å². The first-order valence-corrected chi connectivity index (χ1v) is 7.94. The molecule has 0 atom stereocenters. The van der Waals surface area contributed by atoms with Crippen LogP contribution in [-0.4, -0.2) is 76.3 Å². The van der Waals surface area contributed by atoms with Crippen LogP contribution in [0.3, 0.4) is 0 Å². The monoisotopic (exact) mass is 409 g/mol. The number of nitrogen functional groups attached to an aromatic ring is 1. The molecule has 0 saturated heterocycles. The minimum absolute atomic E-state index is 0.134. The minimum atomic E-state index is -1.43. The Bertz CT molecular complexity index is 834. The fraction of sp³-hybridized carbons (Fsp3) is 0.235. The van der Waals surface area contributed by atoms with Crippen molar-refractivity contribution in [2.45, 2.75) is 0 Å². The van der Waals surface area contributed by atoms with Gasteiger partial charge in [0.2, 0.25) is 0 Å². The van der Waals surface area contributed by atoms with E-state index in [1.807, 2.05) is 0 Å². The number of nitrogens with zero attached hydrogens (tertiary/aromatic N) is 2. The lowest BCUT2D eigenvalue weighted by Gasteiger charge is -2.31. The van der Waals surface area contributed by atoms with Crippen molar-refractivity contribution >= 4 is 46.7 Å². The number of hydrogen-bond donors (Lipinski definition) is 5. The maximum atomic E-state index is 12.0. The highest BCUT2D eigenvalue weighted by Crippen LogP contribution is 2.38. The molecule has 0 bridgehead atoms. The Balaban J connectivity index is 3.79. The fourth-order valence-corrected chi connectivity index (χ4v) is 2.60. The Morgan fingerprint density at radius 3 is 1.62 bits per heavy atom. The van der Waals surface area contributed by atoms with Crippen LogP contribution in [0.2, 0.25) is 0 Å². The van der Waals surface area contributed by atoms with Crippen LogP contribution in [-0.2, 0) is 19.2 Å². The first-order chi connectivity index (χ1) is 13.5. The molecule has 0 heterocycles. The van der Waals surface area contributed by atoms with Crippen LogP contribution in [0.25, 0.3) is 0 Å². The molecule has 0 spiro atoms. The summed E-state index contributed by atoms with van der Waals surface area (Å²) in [6.07, 6.45) is 0.931. The summed E-state index contributed by atoms with van der Waals surface area (Å²) >= 11 is 0. The molecule has 0 radical (unpaired) electrons. The summed E-state index contributed by atoms with van der Waals surface area (Å²) in [6.45, 7) is -0.0111. The molecule has 29 heavy (non-hydrogen) atoms. The Hall–Kier alpha value is -4.09. The summed E-state index contributed by atoms with van der Waals surface area (Å²) in [6, 6.07) is 2.36. The molecule has 12 nitrogen and oxygen atoms in total. The summed E-state index contributed by atoms with van der Waals surface area (Å²) in [7, 11) is 0. The van der Waals surface area contributed by atoms with Crippen molar-refractivity contribution in [3.8, 4) is 0 Å². The van der Waals surface area contributed by atoms with E-state index in [2.05, 4.69) is 6.58 Å². The second-order valence-electron chi connectivity index (χ2n) is 5.75. The Labute approximate surface area is 164 Å². The molecule has 156 valence electrons. The number of rotatable bonds is 12. The standard InChI is InChI=1S/C17H19N3O9/c1-2-11(21)9-3-4-10(19(5-12(22)23)6-13(24)25)17(16(9)18)20(7-14(26)27)8-15(28)29/h2-4H,1,5-8,18H2,(H,22,23)(H,24,25)(H,26,27)(H,28,29). The molecule has 0 fully saturated rings. The highest BCUT2D eigenvalue weighted by molar-refractivity contribution is 6.11. The normalized spacial score (nSPS) is 10.1. The van der Waals surface area contributed by atoms with Crippen molar-refractivity contribution in [1.82, 2.24) is 0 Å². The summed E-state index contributed by atoms with van der Waals surface area (Å²) < 4.78 is 0. The summed E-state index contributed by atoms with van der Waals surface area (Å²) in [4.78, 5) is 58.5. The molecule has 1 aromatic carbocycles. The molecule has 0 aliphatic heterocycles. The SMILES string of the molecule is C=CC(=O)c1ccc(N(CC(=O)O)CC(=O)O)c(N(CC(=O)O)CC(=O)O)c1N. The van der Waals surface area contributed by atoms with Gasteiger partial charge in [0.25, 0.3) is 0 Å². The first kappa shape index (κ1) is 23.0. The van der Waals surface area contributed by atoms with Crippen molar-refractivity contribution in [3.63, 3.8) is 0 Å². The van der Waals surface area contributed by atoms with Gasteiger partial charge in [-0.25, -0.2) is 0 Å². The van der Waals surface area contributed by atoms with Gasteiger partial charge < -0.3 is 36.0 Å². The number of hydrogen-bond acceptors (Lipinski definition) is 8. The summed E-state index contributed by atoms with van der Waals surface area (Å²) in [5, 5.41) is 36.5. The molecule has 0 unspecified atom stereocenters. The highest BCUT2D eigenvalue weighted by Gasteiger charge is 2.27. The second-order valence-corrected chi connectivity index (χ2v) is 5.75. The first-order valence-electron chi connectivity index (χ1n) is 7.94. The van der Waals surface area contributed by atoms with Gasteiger partial charge in [-0.15, -0.1) is 0 Å². The number of allylic oxidation sites excluding steroid dienone is 1. The molecular weight excluding hydrogens is 390 g/mol. The molecule has 0 aliphatic rings. The number of carboxylic acid groups (broad SMARTS) is 4. The summed E-state index contributed by atoms with van der Waals surface area (Å²) in [5.74, 6) is -6.31. The quantitative estimate of drug-likeness (QED) is 0.170. The zero-order valence-corrected chi connectivity index (χ0v) is 15.1. The molecule has 12 heteroatoms. The molecule has 0 saturated carbocycles. The highest BCUT2D eigenvalue weighted by atomic mass is 16.4. The maximum absolute atomic E-state index is 12.0. The summed E-state index contributed by atoms with van der Waals surface area (Å²) in [5.41, 5.74) is 5.08. The number of carboxylic acids is 4. The number of aliphatic carboxylic acids is 4. The van der Waals surface area contributed by atoms with Gasteiger partial charge >= 0.3 is 23.9 Å². The van der Waals surface area contributed by atoms with Crippen molar-refractivity contribution < 1.29 is 44.4 Å². The van der Waals surface area contributed by atoms with Crippen LogP contribution < -0.4 is 15.5 Å². The van der Waals surface area contributed by atoms with Crippen LogP contribution in [0.5, 0.6) is 0 Å². The number of anilines is 3. The molecule has 1 rings (SSSR count). The van der Waals surface area contributed by atoms with Gasteiger partial charge in [-0.1, -0.05) is 6.58 Å². The Kier molecular flexibility index (Phi) is 7.70. The third-order valence-electron chi connectivity index (χ3n) is 3.61. The molecular formula is C17H19N3O9. The van der Waals surface area contributed by atoms with Crippen LogP contribution in [0.15, 0.2) is 24.8 Å². The molecule has 6 N–H and O–H groups in total. The smallest absolute Gasteiger partial charge is 0.323 e. The number of nitrogens with two attached hydrogens (primary N) is 1. The van der Waals surface area contributed by atoms with Gasteiger partial charge in [-0.05, 0) is 18.2 Å². The lowest BCUT2D eigenvalue weighted by molar-refractivity contribution is -0.138. The Morgan fingerprint density at radius 2 is 1.24 bits per heavy atom. The van der Waals surface area contributed by atoms with E-state index < -0.39 is 55.8 Å². The molecule has 0 aromatic heterocycles. The van der Waals surface area contributed by atoms with Crippen LogP contribution in [0.4, 0.5) is 17.1 Å². The van der Waals surface area contributed by atoms with E-state index in [1.54, 1.807) is 0 Å². The maximum Gasteiger partial charge on any atom is 0.323 e. The number of ketones is 1. The molecule has 0 amide bonds. The minimum Gasteiger partial charge on any atom is -0.480 e. The van der Waals surface area contributed by atoms with Crippen molar-refractivity contribution in [3.05, 3.63) is 30.4 Å². The van der Waals surface area contributed by atoms with Crippen molar-refractivity contribution in [2.24, 2.45) is 0 Å². The lowest BCUT2D eigenvalue weighted by Crippen LogP contribution is -2.39. The van der Waals surface area contributed by atoms with Gasteiger partial charge in [-0.2, -0.15) is 0 Å². The second kappa shape index (κ2) is 9.73. The average Bonchev–Trinajstić information content (AvgIpc) is 2.57. The largest absolute Gasteiger partial charge is 0.480 e. The zero-order chi connectivity index (χ0) is 22.3. The van der Waals surface area contributed by atoms with Crippen molar-refractivity contribution in [2.75, 3.05) is 41.7 Å². The molecule has 1 aromatic rings. The van der Waals surface area contributed by atoms with Gasteiger partial charge in [-0.3, -0.25) is 24.0 Å². The van der Waals surface area contributed by atoms with E-state index in [-0.39, 0.29) is 22.6 Å². The zero-order valence-electron chi connectivity index (χ0n) is 15.1. The predicted molar refractivity (Wildman–Crippen MR) is 100 cm³/mol. The van der Waals surface area contributed by atoms with Gasteiger partial charge in [0.15, 0.2) is 5.78 Å². The number of carbonyl (C=O) groups excluding carboxylic acids is 1. The van der Waals surface area contributed by atoms with Gasteiger partial charge in [0.05, 0.1) is 17.1 Å². The van der Waals surface area contributed by atoms with E-state index in [9.17, 15) is 24.0 Å². The van der Waals surface area contributed by atoms with E-state index in [1.165, 1.54) is 12.1 Å². The van der Waals surface area contributed by atoms with Gasteiger partial charge in [0, 0.05) is 5.56 Å². The Morgan fingerprint density at radius 1 is 0.828 bits per heavy atom. The van der Waals surface area contributed by atoms with E-state index >= 15 is 0 Å². The van der Waals surface area contributed by atoms with E-state index in [4.69, 9.17) is 26.2 Å². The van der Waals surface area contributed by atoms with Gasteiger partial charge in [0.1, 0.15) is 26.2 Å². The number of benzene rings is 1. The third-order valence-corrected chi connectivity index (χ3v) is 3.61. The molecule has 0 aliphatic carbocycles. The van der Waals surface area contributed by atoms with Crippen molar-refractivity contribution in [1.29, 1.82) is 0 Å². The van der Waals surface area contributed by atoms with E-state index in [0.717, 1.165) is 15.9 Å². The van der Waals surface area contributed by atoms with Crippen LogP contribution in [0.1, 0.15) is 10.4 Å². The lowest BCUT2D eigenvalue weighted by atomic mass is 10.0. The van der Waals surface area contributed by atoms with Crippen LogP contribution in [0, 0.1) is 0 Å². The third kappa shape index (κ3) is 6.23. The predicted octanol–water partition coefficient (Wildman–Crippen LogP) is -0.411. The number of carbonyl (C=O) groups is 5. The van der Waals surface area contributed by atoms with E-state index in [0.29, 0.717) is 0 Å². The van der Waals surface area contributed by atoms with Crippen LogP contribution >= 0.6 is 0 Å². The average molecular weight is 409 g/mol. The fourth-order valence-electron chi connectivity index (χ4n) is 2.60.